The first-order valence-corrected chi connectivity index (χ1v) is 8.58. The minimum absolute atomic E-state index is 0.265. The Bertz CT molecular complexity index is 1110. The van der Waals surface area contributed by atoms with Crippen LogP contribution in [-0.2, 0) is 0 Å². The lowest BCUT2D eigenvalue weighted by Gasteiger charge is -2.00. The van der Waals surface area contributed by atoms with Crippen molar-refractivity contribution in [2.24, 2.45) is 9.98 Å². The van der Waals surface area contributed by atoms with Crippen LogP contribution in [0.15, 0.2) is 9.98 Å². The Labute approximate surface area is 155 Å². The summed E-state index contributed by atoms with van der Waals surface area (Å²) >= 11 is 2.56. The third kappa shape index (κ3) is 2.76. The molecule has 0 bridgehead atoms. The molecule has 8 nitrogen and oxygen atoms in total. The summed E-state index contributed by atoms with van der Waals surface area (Å²) in [6.45, 7) is 17.6. The standard InChI is InChI=1S/C16H6N8S2/c1-7-11-14(26-15(23-11)21-9(5-17)19-3)8(2)12-13(7)25-16(24-12)22-10(6-18)20-4/h1-2H3. The number of hydrogen-bond acceptors (Lipinski definition) is 8. The molecule has 2 heterocycles. The maximum atomic E-state index is 8.85. The molecule has 0 radical (unpaired) electrons. The van der Waals surface area contributed by atoms with Gasteiger partial charge in [-0.3, -0.25) is 0 Å². The Morgan fingerprint density at radius 2 is 1.27 bits per heavy atom. The lowest BCUT2D eigenvalue weighted by Crippen LogP contribution is -1.84. The molecule has 0 atom stereocenters. The van der Waals surface area contributed by atoms with Crippen molar-refractivity contribution in [1.29, 1.82) is 10.5 Å². The van der Waals surface area contributed by atoms with E-state index in [1.54, 1.807) is 12.1 Å². The number of aliphatic imine (C=N–C) groups is 2. The molecule has 0 N–H and O–H groups in total. The summed E-state index contributed by atoms with van der Waals surface area (Å²) in [7, 11) is 0. The van der Waals surface area contributed by atoms with Crippen molar-refractivity contribution in [3.05, 3.63) is 34.0 Å². The maximum Gasteiger partial charge on any atom is 0.352 e. The average Bonchev–Trinajstić information content (AvgIpc) is 3.27. The lowest BCUT2D eigenvalue weighted by molar-refractivity contribution is 1.37. The third-order valence-electron chi connectivity index (χ3n) is 3.44. The zero-order valence-electron chi connectivity index (χ0n) is 13.4. The first-order chi connectivity index (χ1) is 12.5. The molecular formula is C16H6N8S2. The number of benzene rings is 1. The summed E-state index contributed by atoms with van der Waals surface area (Å²) in [5.74, 6) is -0.529. The molecule has 3 rings (SSSR count). The molecule has 26 heavy (non-hydrogen) atoms. The molecule has 0 saturated heterocycles. The summed E-state index contributed by atoms with van der Waals surface area (Å²) < 4.78 is 1.73. The smallest absolute Gasteiger partial charge is 0.351 e. The van der Waals surface area contributed by atoms with Crippen LogP contribution in [0.4, 0.5) is 10.3 Å². The number of amidine groups is 2. The van der Waals surface area contributed by atoms with Crippen molar-refractivity contribution >= 4 is 65.0 Å². The molecule has 0 spiro atoms. The highest BCUT2D eigenvalue weighted by atomic mass is 32.1. The lowest BCUT2D eigenvalue weighted by atomic mass is 10.1. The van der Waals surface area contributed by atoms with Gasteiger partial charge in [0, 0.05) is 0 Å². The number of fused-ring (bicyclic) bond motifs is 2. The molecule has 122 valence electrons. The monoisotopic (exact) mass is 374 g/mol. The highest BCUT2D eigenvalue weighted by molar-refractivity contribution is 7.24. The van der Waals surface area contributed by atoms with Gasteiger partial charge in [-0.25, -0.2) is 10.5 Å². The highest BCUT2D eigenvalue weighted by Gasteiger charge is 2.20. The highest BCUT2D eigenvalue weighted by Crippen LogP contribution is 2.41. The van der Waals surface area contributed by atoms with Crippen LogP contribution in [0.1, 0.15) is 11.1 Å². The average molecular weight is 374 g/mol. The molecule has 0 aliphatic carbocycles. The van der Waals surface area contributed by atoms with Gasteiger partial charge in [0.25, 0.3) is 0 Å². The fourth-order valence-electron chi connectivity index (χ4n) is 2.28. The van der Waals surface area contributed by atoms with Gasteiger partial charge in [-0.1, -0.05) is 45.8 Å². The minimum atomic E-state index is -0.265. The molecule has 1 aromatic carbocycles. The Morgan fingerprint density at radius 3 is 1.58 bits per heavy atom. The van der Waals surface area contributed by atoms with Crippen molar-refractivity contribution in [3.63, 3.8) is 0 Å². The van der Waals surface area contributed by atoms with Gasteiger partial charge < -0.3 is 9.69 Å². The quantitative estimate of drug-likeness (QED) is 0.375. The first kappa shape index (κ1) is 17.1. The van der Waals surface area contributed by atoms with E-state index in [0.717, 1.165) is 31.6 Å². The van der Waals surface area contributed by atoms with E-state index in [9.17, 15) is 0 Å². The van der Waals surface area contributed by atoms with E-state index in [4.69, 9.17) is 23.7 Å². The predicted molar refractivity (Wildman–Crippen MR) is 101 cm³/mol. The fraction of sp³-hybridized carbons (Fsp3) is 0.125. The van der Waals surface area contributed by atoms with Crippen LogP contribution in [0, 0.1) is 49.7 Å². The second-order valence-corrected chi connectivity index (χ2v) is 6.87. The molecule has 0 fully saturated rings. The predicted octanol–water partition coefficient (Wildman–Crippen LogP) is 4.47. The van der Waals surface area contributed by atoms with Gasteiger partial charge in [0.1, 0.15) is 12.1 Å². The molecule has 0 aliphatic rings. The molecule has 0 unspecified atom stereocenters. The van der Waals surface area contributed by atoms with Crippen molar-refractivity contribution < 1.29 is 0 Å². The van der Waals surface area contributed by atoms with Crippen molar-refractivity contribution in [1.82, 2.24) is 9.97 Å². The number of aryl methyl sites for hydroxylation is 2. The first-order valence-electron chi connectivity index (χ1n) is 6.95. The number of hydrogen-bond donors (Lipinski definition) is 0. The second kappa shape index (κ2) is 6.66. The van der Waals surface area contributed by atoms with Crippen molar-refractivity contribution in [3.8, 4) is 12.1 Å². The summed E-state index contributed by atoms with van der Waals surface area (Å²) in [4.78, 5) is 22.9. The van der Waals surface area contributed by atoms with Gasteiger partial charge in [0.2, 0.25) is 0 Å². The minimum Gasteiger partial charge on any atom is -0.351 e. The van der Waals surface area contributed by atoms with Crippen LogP contribution in [0.3, 0.4) is 0 Å². The van der Waals surface area contributed by atoms with Crippen molar-refractivity contribution in [2.45, 2.75) is 13.8 Å². The van der Waals surface area contributed by atoms with Crippen LogP contribution in [0.5, 0.6) is 0 Å². The summed E-state index contributed by atoms with van der Waals surface area (Å²) in [5, 5.41) is 18.4. The third-order valence-corrected chi connectivity index (χ3v) is 5.58. The molecular weight excluding hydrogens is 368 g/mol. The van der Waals surface area contributed by atoms with E-state index in [2.05, 4.69) is 29.6 Å². The van der Waals surface area contributed by atoms with E-state index >= 15 is 0 Å². The van der Waals surface area contributed by atoms with E-state index in [1.165, 1.54) is 22.7 Å². The molecule has 3 aromatic rings. The second-order valence-electron chi connectivity index (χ2n) is 4.92. The van der Waals surface area contributed by atoms with Crippen molar-refractivity contribution in [2.75, 3.05) is 0 Å². The SMILES string of the molecule is [C-]#[N+]C(C#N)=Nc1nc2c(C)c3sc(N=C(C#N)[N+]#[C-])nc3c(C)c2s1. The molecule has 0 aliphatic heterocycles. The van der Waals surface area contributed by atoms with E-state index < -0.39 is 0 Å². The van der Waals surface area contributed by atoms with Gasteiger partial charge in [-0.2, -0.15) is 9.97 Å². The van der Waals surface area contributed by atoms with E-state index in [-0.39, 0.29) is 11.7 Å². The van der Waals surface area contributed by atoms with Crippen LogP contribution >= 0.6 is 22.7 Å². The van der Waals surface area contributed by atoms with Gasteiger partial charge in [0.05, 0.1) is 20.4 Å². The van der Waals surface area contributed by atoms with Crippen LogP contribution in [0.2, 0.25) is 0 Å². The number of nitriles is 2. The zero-order chi connectivity index (χ0) is 18.8. The number of nitrogens with zero attached hydrogens (tertiary/aromatic N) is 8. The Hall–Kier alpha value is -3.70. The van der Waals surface area contributed by atoms with Crippen LogP contribution in [-0.4, -0.2) is 21.6 Å². The maximum absolute atomic E-state index is 8.85. The fourth-order valence-corrected chi connectivity index (χ4v) is 4.27. The number of thiazole rings is 2. The van der Waals surface area contributed by atoms with Crippen LogP contribution in [0.25, 0.3) is 30.1 Å². The van der Waals surface area contributed by atoms with Crippen LogP contribution < -0.4 is 0 Å². The summed E-state index contributed by atoms with van der Waals surface area (Å²) in [5.41, 5.74) is 3.21. The number of rotatable bonds is 2. The zero-order valence-corrected chi connectivity index (χ0v) is 15.0. The van der Waals surface area contributed by atoms with E-state index in [1.807, 2.05) is 13.8 Å². The summed E-state index contributed by atoms with van der Waals surface area (Å²) in [6, 6.07) is 3.45. The topological polar surface area (TPSA) is 107 Å². The van der Waals surface area contributed by atoms with Gasteiger partial charge in [-0.15, -0.1) is 0 Å². The number of aromatic nitrogens is 2. The Balaban J connectivity index is 2.27. The normalized spacial score (nSPS) is 11.8. The van der Waals surface area contributed by atoms with E-state index in [0.29, 0.717) is 10.3 Å². The van der Waals surface area contributed by atoms with Gasteiger partial charge in [0.15, 0.2) is 0 Å². The van der Waals surface area contributed by atoms with Gasteiger partial charge in [-0.05, 0) is 25.0 Å². The van der Waals surface area contributed by atoms with Gasteiger partial charge >= 0.3 is 21.9 Å². The Morgan fingerprint density at radius 1 is 0.885 bits per heavy atom. The molecule has 0 amide bonds. The Kier molecular flexibility index (Phi) is 4.39. The molecule has 0 saturated carbocycles. The largest absolute Gasteiger partial charge is 0.352 e. The molecule has 2 aromatic heterocycles. The molecule has 10 heteroatoms. The summed E-state index contributed by atoms with van der Waals surface area (Å²) in [6.07, 6.45) is 0.